The number of ketones is 1. The van der Waals surface area contributed by atoms with Crippen LogP contribution in [0.5, 0.6) is 0 Å². The summed E-state index contributed by atoms with van der Waals surface area (Å²) >= 11 is 1.71. The second-order valence-electron chi connectivity index (χ2n) is 5.09. The zero-order valence-corrected chi connectivity index (χ0v) is 12.7. The first-order valence-corrected chi connectivity index (χ1v) is 7.70. The molecule has 0 aromatic heterocycles. The average Bonchev–Trinajstić information content (AvgIpc) is 2.71. The predicted octanol–water partition coefficient (Wildman–Crippen LogP) is 3.45. The zero-order valence-electron chi connectivity index (χ0n) is 11.9. The summed E-state index contributed by atoms with van der Waals surface area (Å²) in [7, 11) is 1.64. The molecule has 0 N–H and O–H groups in total. The molecule has 3 rings (SSSR count). The van der Waals surface area contributed by atoms with Gasteiger partial charge in [-0.05, 0) is 36.2 Å². The summed E-state index contributed by atoms with van der Waals surface area (Å²) in [6, 6.07) is 13.9. The highest BCUT2D eigenvalue weighted by atomic mass is 32.2. The lowest BCUT2D eigenvalue weighted by molar-refractivity contribution is -0.114. The molecule has 2 aromatic carbocycles. The van der Waals surface area contributed by atoms with Crippen LogP contribution in [0, 0.1) is 6.92 Å². The van der Waals surface area contributed by atoms with Crippen molar-refractivity contribution < 1.29 is 9.59 Å². The van der Waals surface area contributed by atoms with Gasteiger partial charge in [-0.25, -0.2) is 0 Å². The Morgan fingerprint density at radius 1 is 1.10 bits per heavy atom. The fraction of sp³-hybridized carbons (Fsp3) is 0.176. The minimum absolute atomic E-state index is 0.414. The van der Waals surface area contributed by atoms with Crippen LogP contribution in [0.15, 0.2) is 47.4 Å². The van der Waals surface area contributed by atoms with Gasteiger partial charge >= 0.3 is 0 Å². The van der Waals surface area contributed by atoms with Crippen molar-refractivity contribution in [3.63, 3.8) is 0 Å². The molecule has 0 bridgehead atoms. The van der Waals surface area contributed by atoms with Crippen LogP contribution in [-0.2, 0) is 10.5 Å². The maximum atomic E-state index is 11.7. The van der Waals surface area contributed by atoms with E-state index in [1.807, 2.05) is 24.3 Å². The lowest BCUT2D eigenvalue weighted by Gasteiger charge is -2.10. The van der Waals surface area contributed by atoms with Crippen LogP contribution in [0.1, 0.15) is 21.5 Å². The molecule has 4 heteroatoms. The average molecular weight is 297 g/mol. The second-order valence-corrected chi connectivity index (χ2v) is 6.14. The number of nitrogens with zero attached hydrogens (tertiary/aromatic N) is 1. The number of thioether (sulfide) groups is 1. The standard InChI is InChI=1S/C17H15NO2S/c1-11-5-3-4-6-12(11)10-21-13-7-8-14-15(9-13)18(2)17(20)16(14)19/h3-9H,10H2,1-2H3. The molecule has 0 radical (unpaired) electrons. The number of hydrogen-bond acceptors (Lipinski definition) is 3. The molecule has 0 fully saturated rings. The summed E-state index contributed by atoms with van der Waals surface area (Å²) in [6.07, 6.45) is 0. The van der Waals surface area contributed by atoms with E-state index in [0.29, 0.717) is 11.3 Å². The van der Waals surface area contributed by atoms with Crippen LogP contribution >= 0.6 is 11.8 Å². The predicted molar refractivity (Wildman–Crippen MR) is 84.9 cm³/mol. The van der Waals surface area contributed by atoms with Gasteiger partial charge in [-0.1, -0.05) is 24.3 Å². The number of likely N-dealkylation sites (N-methyl/N-ethyl adjacent to an activating group) is 1. The number of fused-ring (bicyclic) bond motifs is 1. The molecule has 2 aromatic rings. The summed E-state index contributed by atoms with van der Waals surface area (Å²) < 4.78 is 0. The monoisotopic (exact) mass is 297 g/mol. The molecule has 1 aliphatic heterocycles. The van der Waals surface area contributed by atoms with Crippen LogP contribution in [0.25, 0.3) is 0 Å². The molecule has 3 nitrogen and oxygen atoms in total. The molecule has 0 unspecified atom stereocenters. The van der Waals surface area contributed by atoms with Crippen LogP contribution in [-0.4, -0.2) is 18.7 Å². The van der Waals surface area contributed by atoms with Crippen molar-refractivity contribution in [2.75, 3.05) is 11.9 Å². The Hall–Kier alpha value is -2.07. The molecule has 0 atom stereocenters. The molecule has 0 aliphatic carbocycles. The van der Waals surface area contributed by atoms with E-state index in [1.165, 1.54) is 16.0 Å². The van der Waals surface area contributed by atoms with Gasteiger partial charge in [-0.3, -0.25) is 9.59 Å². The first-order valence-electron chi connectivity index (χ1n) is 6.71. The van der Waals surface area contributed by atoms with E-state index in [4.69, 9.17) is 0 Å². The van der Waals surface area contributed by atoms with Crippen molar-refractivity contribution >= 4 is 29.1 Å². The fourth-order valence-electron chi connectivity index (χ4n) is 2.38. The Kier molecular flexibility index (Phi) is 3.55. The van der Waals surface area contributed by atoms with E-state index in [2.05, 4.69) is 19.1 Å². The maximum absolute atomic E-state index is 11.7. The van der Waals surface area contributed by atoms with E-state index in [0.717, 1.165) is 10.6 Å². The number of rotatable bonds is 3. The van der Waals surface area contributed by atoms with E-state index in [9.17, 15) is 9.59 Å². The molecule has 1 heterocycles. The van der Waals surface area contributed by atoms with Gasteiger partial charge in [0.1, 0.15) is 0 Å². The van der Waals surface area contributed by atoms with Gasteiger partial charge in [0.2, 0.25) is 0 Å². The number of Topliss-reactive ketones (excluding diaryl/α,β-unsaturated/α-hetero) is 1. The summed E-state index contributed by atoms with van der Waals surface area (Å²) in [5.41, 5.74) is 3.78. The minimum Gasteiger partial charge on any atom is -0.308 e. The van der Waals surface area contributed by atoms with Crippen LogP contribution < -0.4 is 4.90 Å². The molecule has 1 aliphatic rings. The highest BCUT2D eigenvalue weighted by Crippen LogP contribution is 2.33. The Labute approximate surface area is 128 Å². The van der Waals surface area contributed by atoms with Gasteiger partial charge < -0.3 is 4.90 Å². The van der Waals surface area contributed by atoms with Gasteiger partial charge in [-0.2, -0.15) is 0 Å². The van der Waals surface area contributed by atoms with Crippen LogP contribution in [0.2, 0.25) is 0 Å². The number of amides is 1. The largest absolute Gasteiger partial charge is 0.308 e. The lowest BCUT2D eigenvalue weighted by atomic mass is 10.1. The third-order valence-electron chi connectivity index (χ3n) is 3.73. The highest BCUT2D eigenvalue weighted by molar-refractivity contribution is 7.98. The molecular weight excluding hydrogens is 282 g/mol. The summed E-state index contributed by atoms with van der Waals surface area (Å²) in [6.45, 7) is 2.10. The summed E-state index contributed by atoms with van der Waals surface area (Å²) in [5.74, 6) is 0.00543. The van der Waals surface area contributed by atoms with Gasteiger partial charge in [0.25, 0.3) is 11.7 Å². The quantitative estimate of drug-likeness (QED) is 0.643. The smallest absolute Gasteiger partial charge is 0.299 e. The number of anilines is 1. The fourth-order valence-corrected chi connectivity index (χ4v) is 3.39. The van der Waals surface area contributed by atoms with Crippen molar-refractivity contribution in [2.45, 2.75) is 17.6 Å². The van der Waals surface area contributed by atoms with Crippen LogP contribution in [0.4, 0.5) is 5.69 Å². The van der Waals surface area contributed by atoms with Gasteiger partial charge in [0.15, 0.2) is 0 Å². The minimum atomic E-state index is -0.453. The number of carbonyl (C=O) groups excluding carboxylic acids is 2. The Morgan fingerprint density at radius 3 is 2.62 bits per heavy atom. The topological polar surface area (TPSA) is 37.4 Å². The SMILES string of the molecule is Cc1ccccc1CSc1ccc2c(c1)N(C)C(=O)C2=O. The van der Waals surface area contributed by atoms with E-state index in [1.54, 1.807) is 24.9 Å². The van der Waals surface area contributed by atoms with E-state index < -0.39 is 11.7 Å². The van der Waals surface area contributed by atoms with Gasteiger partial charge in [0.05, 0.1) is 11.3 Å². The molecule has 1 amide bonds. The number of carbonyl (C=O) groups is 2. The molecule has 0 spiro atoms. The molecule has 0 saturated carbocycles. The summed E-state index contributed by atoms with van der Waals surface area (Å²) in [5, 5.41) is 0. The Morgan fingerprint density at radius 2 is 1.86 bits per heavy atom. The zero-order chi connectivity index (χ0) is 15.0. The maximum Gasteiger partial charge on any atom is 0.299 e. The first-order chi connectivity index (χ1) is 10.1. The van der Waals surface area contributed by atoms with E-state index in [-0.39, 0.29) is 0 Å². The number of hydrogen-bond donors (Lipinski definition) is 0. The van der Waals surface area contributed by atoms with Crippen molar-refractivity contribution in [1.82, 2.24) is 0 Å². The second kappa shape index (κ2) is 5.37. The van der Waals surface area contributed by atoms with E-state index >= 15 is 0 Å². The van der Waals surface area contributed by atoms with Gasteiger partial charge in [-0.15, -0.1) is 11.8 Å². The molecule has 21 heavy (non-hydrogen) atoms. The highest BCUT2D eigenvalue weighted by Gasteiger charge is 2.33. The van der Waals surface area contributed by atoms with Crippen molar-refractivity contribution in [3.8, 4) is 0 Å². The van der Waals surface area contributed by atoms with Crippen molar-refractivity contribution in [2.24, 2.45) is 0 Å². The molecule has 0 saturated heterocycles. The number of aryl methyl sites for hydroxylation is 1. The summed E-state index contributed by atoms with van der Waals surface area (Å²) in [4.78, 5) is 25.9. The van der Waals surface area contributed by atoms with Crippen molar-refractivity contribution in [1.29, 1.82) is 0 Å². The number of benzene rings is 2. The van der Waals surface area contributed by atoms with Gasteiger partial charge in [0, 0.05) is 17.7 Å². The Balaban J connectivity index is 1.81. The third-order valence-corrected chi connectivity index (χ3v) is 4.77. The Bertz CT molecular complexity index is 739. The first kappa shape index (κ1) is 13.9. The van der Waals surface area contributed by atoms with Crippen molar-refractivity contribution in [3.05, 3.63) is 59.2 Å². The molecule has 106 valence electrons. The lowest BCUT2D eigenvalue weighted by Crippen LogP contribution is -2.24. The normalized spacial score (nSPS) is 13.7. The molecular formula is C17H15NO2S. The third kappa shape index (κ3) is 2.47. The van der Waals surface area contributed by atoms with Crippen LogP contribution in [0.3, 0.4) is 0 Å².